The summed E-state index contributed by atoms with van der Waals surface area (Å²) in [6, 6.07) is 0.0247. The molecule has 1 aliphatic heterocycles. The van der Waals surface area contributed by atoms with E-state index in [1.807, 2.05) is 4.90 Å². The molecule has 2 rings (SSSR count). The quantitative estimate of drug-likeness (QED) is 0.750. The zero-order valence-electron chi connectivity index (χ0n) is 11.9. The molecule has 3 atom stereocenters. The van der Waals surface area contributed by atoms with Crippen molar-refractivity contribution in [2.75, 3.05) is 39.3 Å². The number of aliphatic hydroxyl groups excluding tert-OH is 1. The van der Waals surface area contributed by atoms with E-state index in [2.05, 4.69) is 11.8 Å². The van der Waals surface area contributed by atoms with Gasteiger partial charge in [0.1, 0.15) is 0 Å². The Morgan fingerprint density at radius 2 is 1.95 bits per heavy atom. The Kier molecular flexibility index (Phi) is 5.19. The van der Waals surface area contributed by atoms with E-state index in [1.54, 1.807) is 0 Å². The lowest BCUT2D eigenvalue weighted by atomic mass is 9.77. The lowest BCUT2D eigenvalue weighted by molar-refractivity contribution is -0.139. The number of rotatable bonds is 3. The maximum absolute atomic E-state index is 12.6. The largest absolute Gasteiger partial charge is 0.395 e. The predicted octanol–water partition coefficient (Wildman–Crippen LogP) is -0.114. The number of carbonyl (C=O) groups is 1. The Morgan fingerprint density at radius 3 is 2.58 bits per heavy atom. The van der Waals surface area contributed by atoms with Gasteiger partial charge in [0, 0.05) is 38.8 Å². The molecule has 0 radical (unpaired) electrons. The molecule has 2 aliphatic rings. The zero-order valence-corrected chi connectivity index (χ0v) is 11.9. The number of amides is 1. The van der Waals surface area contributed by atoms with Crippen molar-refractivity contribution >= 4 is 5.91 Å². The number of hydrogen-bond donors (Lipinski definition) is 2. The molecule has 0 bridgehead atoms. The minimum absolute atomic E-state index is 0.0214. The second-order valence-corrected chi connectivity index (χ2v) is 5.98. The Hall–Kier alpha value is -0.650. The van der Waals surface area contributed by atoms with Crippen LogP contribution in [-0.2, 0) is 4.79 Å². The number of β-amino-alcohol motifs (C(OH)–C–C–N with tert-alkyl or cyclic N) is 1. The molecule has 19 heavy (non-hydrogen) atoms. The number of hydrogen-bond acceptors (Lipinski definition) is 4. The highest BCUT2D eigenvalue weighted by molar-refractivity contribution is 5.79. The highest BCUT2D eigenvalue weighted by Crippen LogP contribution is 2.29. The van der Waals surface area contributed by atoms with E-state index in [9.17, 15) is 4.79 Å². The van der Waals surface area contributed by atoms with Gasteiger partial charge in [0.2, 0.25) is 5.91 Å². The van der Waals surface area contributed by atoms with Crippen LogP contribution in [0.4, 0.5) is 0 Å². The Morgan fingerprint density at radius 1 is 1.26 bits per heavy atom. The van der Waals surface area contributed by atoms with Gasteiger partial charge in [-0.05, 0) is 18.8 Å². The van der Waals surface area contributed by atoms with Crippen molar-refractivity contribution in [3.05, 3.63) is 0 Å². The molecule has 1 heterocycles. The van der Waals surface area contributed by atoms with Crippen LogP contribution in [0.5, 0.6) is 0 Å². The fourth-order valence-corrected chi connectivity index (χ4v) is 3.30. The second kappa shape index (κ2) is 6.68. The Bertz CT molecular complexity index is 303. The molecular weight excluding hydrogens is 242 g/mol. The molecule has 5 nitrogen and oxygen atoms in total. The van der Waals surface area contributed by atoms with E-state index < -0.39 is 0 Å². The average Bonchev–Trinajstić information content (AvgIpc) is 2.42. The number of aliphatic hydroxyl groups is 1. The van der Waals surface area contributed by atoms with E-state index in [0.717, 1.165) is 45.4 Å². The van der Waals surface area contributed by atoms with E-state index in [4.69, 9.17) is 10.8 Å². The fraction of sp³-hybridized carbons (Fsp3) is 0.929. The third-order valence-electron chi connectivity index (χ3n) is 4.71. The van der Waals surface area contributed by atoms with Crippen LogP contribution in [0.2, 0.25) is 0 Å². The molecule has 1 saturated heterocycles. The number of piperazine rings is 1. The summed E-state index contributed by atoms with van der Waals surface area (Å²) in [5, 5.41) is 8.92. The average molecular weight is 269 g/mol. The van der Waals surface area contributed by atoms with Crippen LogP contribution in [0.3, 0.4) is 0 Å². The highest BCUT2D eigenvalue weighted by atomic mass is 16.3. The summed E-state index contributed by atoms with van der Waals surface area (Å²) in [4.78, 5) is 16.7. The topological polar surface area (TPSA) is 69.8 Å². The molecule has 1 saturated carbocycles. The number of carbonyl (C=O) groups excluding carboxylic acids is 1. The Balaban J connectivity index is 1.86. The molecule has 0 aromatic rings. The van der Waals surface area contributed by atoms with Crippen LogP contribution in [0.15, 0.2) is 0 Å². The predicted molar refractivity (Wildman–Crippen MR) is 74.6 cm³/mol. The molecular formula is C14H27N3O2. The van der Waals surface area contributed by atoms with Gasteiger partial charge in [-0.15, -0.1) is 0 Å². The van der Waals surface area contributed by atoms with Gasteiger partial charge in [-0.2, -0.15) is 0 Å². The van der Waals surface area contributed by atoms with E-state index >= 15 is 0 Å². The molecule has 1 amide bonds. The van der Waals surface area contributed by atoms with Gasteiger partial charge >= 0.3 is 0 Å². The third kappa shape index (κ3) is 3.46. The van der Waals surface area contributed by atoms with Gasteiger partial charge in [0.25, 0.3) is 0 Å². The van der Waals surface area contributed by atoms with Gasteiger partial charge in [0.05, 0.1) is 12.5 Å². The molecule has 3 unspecified atom stereocenters. The first-order valence-corrected chi connectivity index (χ1v) is 7.51. The van der Waals surface area contributed by atoms with Crippen LogP contribution in [0.25, 0.3) is 0 Å². The van der Waals surface area contributed by atoms with Crippen LogP contribution in [-0.4, -0.2) is 66.2 Å². The van der Waals surface area contributed by atoms with Crippen molar-refractivity contribution in [2.45, 2.75) is 32.2 Å². The third-order valence-corrected chi connectivity index (χ3v) is 4.71. The number of nitrogens with two attached hydrogens (primary N) is 1. The van der Waals surface area contributed by atoms with Crippen molar-refractivity contribution < 1.29 is 9.90 Å². The Labute approximate surface area is 115 Å². The summed E-state index contributed by atoms with van der Waals surface area (Å²) in [5.41, 5.74) is 6.21. The van der Waals surface area contributed by atoms with Crippen molar-refractivity contribution in [2.24, 2.45) is 17.6 Å². The fourth-order valence-electron chi connectivity index (χ4n) is 3.30. The molecule has 1 aliphatic carbocycles. The van der Waals surface area contributed by atoms with Crippen LogP contribution in [0.1, 0.15) is 26.2 Å². The normalized spacial score (nSPS) is 33.4. The zero-order chi connectivity index (χ0) is 13.8. The highest BCUT2D eigenvalue weighted by Gasteiger charge is 2.35. The minimum Gasteiger partial charge on any atom is -0.395 e. The van der Waals surface area contributed by atoms with E-state index in [0.29, 0.717) is 12.5 Å². The first-order valence-electron chi connectivity index (χ1n) is 7.51. The second-order valence-electron chi connectivity index (χ2n) is 5.98. The summed E-state index contributed by atoms with van der Waals surface area (Å²) in [6.07, 6.45) is 3.21. The van der Waals surface area contributed by atoms with Crippen molar-refractivity contribution in [3.63, 3.8) is 0 Å². The molecule has 0 aromatic heterocycles. The first kappa shape index (κ1) is 14.8. The lowest BCUT2D eigenvalue weighted by Gasteiger charge is -2.39. The summed E-state index contributed by atoms with van der Waals surface area (Å²) in [5.74, 6) is 0.731. The van der Waals surface area contributed by atoms with Gasteiger partial charge in [-0.1, -0.05) is 13.3 Å². The minimum atomic E-state index is 0.0214. The monoisotopic (exact) mass is 269 g/mol. The van der Waals surface area contributed by atoms with Gasteiger partial charge in [0.15, 0.2) is 0 Å². The number of nitrogens with zero attached hydrogens (tertiary/aromatic N) is 2. The maximum atomic E-state index is 12.6. The van der Waals surface area contributed by atoms with Gasteiger partial charge in [-0.3, -0.25) is 9.69 Å². The molecule has 110 valence electrons. The molecule has 5 heteroatoms. The van der Waals surface area contributed by atoms with Crippen molar-refractivity contribution in [1.29, 1.82) is 0 Å². The summed E-state index contributed by atoms with van der Waals surface area (Å²) in [7, 11) is 0. The molecule has 2 fully saturated rings. The lowest BCUT2D eigenvalue weighted by Crippen LogP contribution is -2.54. The van der Waals surface area contributed by atoms with E-state index in [1.165, 1.54) is 0 Å². The molecule has 0 spiro atoms. The van der Waals surface area contributed by atoms with Gasteiger partial charge in [-0.25, -0.2) is 0 Å². The summed E-state index contributed by atoms with van der Waals surface area (Å²) < 4.78 is 0. The standard InChI is InChI=1S/C14H27N3O2/c1-11-3-2-4-12(13(11)15)14(19)17-7-5-16(6-8-17)9-10-18/h11-13,18H,2-10,15H2,1H3. The van der Waals surface area contributed by atoms with Crippen LogP contribution >= 0.6 is 0 Å². The molecule has 3 N–H and O–H groups in total. The van der Waals surface area contributed by atoms with Crippen LogP contribution in [0, 0.1) is 11.8 Å². The van der Waals surface area contributed by atoms with Crippen molar-refractivity contribution in [3.8, 4) is 0 Å². The van der Waals surface area contributed by atoms with Crippen LogP contribution < -0.4 is 5.73 Å². The summed E-state index contributed by atoms with van der Waals surface area (Å²) >= 11 is 0. The maximum Gasteiger partial charge on any atom is 0.227 e. The first-order chi connectivity index (χ1) is 9.13. The SMILES string of the molecule is CC1CCCC(C(=O)N2CCN(CCO)CC2)C1N. The van der Waals surface area contributed by atoms with E-state index in [-0.39, 0.29) is 24.5 Å². The molecule has 0 aromatic carbocycles. The van der Waals surface area contributed by atoms with Crippen molar-refractivity contribution in [1.82, 2.24) is 9.80 Å². The smallest absolute Gasteiger partial charge is 0.227 e. The summed E-state index contributed by atoms with van der Waals surface area (Å²) in [6.45, 7) is 6.34. The van der Waals surface area contributed by atoms with Gasteiger partial charge < -0.3 is 15.7 Å².